The highest BCUT2D eigenvalue weighted by Gasteiger charge is 2.26. The van der Waals surface area contributed by atoms with E-state index in [4.69, 9.17) is 14.2 Å². The Balaban J connectivity index is 1.68. The van der Waals surface area contributed by atoms with E-state index in [1.54, 1.807) is 31.4 Å². The molecule has 0 atom stereocenters. The first kappa shape index (κ1) is 17.7. The minimum absolute atomic E-state index is 0.263. The summed E-state index contributed by atoms with van der Waals surface area (Å²) in [5.41, 5.74) is 0.926. The van der Waals surface area contributed by atoms with Crippen molar-refractivity contribution < 1.29 is 22.6 Å². The lowest BCUT2D eigenvalue weighted by atomic mass is 10.2. The zero-order valence-electron chi connectivity index (χ0n) is 14.1. The van der Waals surface area contributed by atoms with Crippen LogP contribution in [0.5, 0.6) is 11.5 Å². The van der Waals surface area contributed by atoms with Crippen molar-refractivity contribution in [2.45, 2.75) is 11.5 Å². The van der Waals surface area contributed by atoms with Crippen LogP contribution in [-0.4, -0.2) is 46.1 Å². The second-order valence-corrected chi connectivity index (χ2v) is 7.53. The van der Waals surface area contributed by atoms with E-state index in [2.05, 4.69) is 0 Å². The number of rotatable bonds is 6. The Bertz CT molecular complexity index is 798. The lowest BCUT2D eigenvalue weighted by Gasteiger charge is -2.26. The Morgan fingerprint density at radius 1 is 1.04 bits per heavy atom. The topological polar surface area (TPSA) is 65.1 Å². The van der Waals surface area contributed by atoms with Gasteiger partial charge in [-0.3, -0.25) is 0 Å². The molecule has 6 nitrogen and oxygen atoms in total. The first-order chi connectivity index (χ1) is 12.1. The van der Waals surface area contributed by atoms with Crippen molar-refractivity contribution in [1.82, 2.24) is 4.31 Å². The maximum absolute atomic E-state index is 12.6. The third kappa shape index (κ3) is 4.12. The third-order valence-corrected chi connectivity index (χ3v) is 5.93. The third-order valence-electron chi connectivity index (χ3n) is 4.02. The summed E-state index contributed by atoms with van der Waals surface area (Å²) in [6.45, 7) is 1.97. The number of nitrogens with zero attached hydrogens (tertiary/aromatic N) is 1. The molecule has 0 aliphatic carbocycles. The van der Waals surface area contributed by atoms with Crippen LogP contribution in [0.2, 0.25) is 0 Å². The van der Waals surface area contributed by atoms with Gasteiger partial charge in [-0.15, -0.1) is 0 Å². The molecule has 0 N–H and O–H groups in total. The van der Waals surface area contributed by atoms with Crippen molar-refractivity contribution in [3.8, 4) is 11.5 Å². The SMILES string of the molecule is COc1ccccc1COc1ccc(S(=O)(=O)N2CCOCC2)cc1. The van der Waals surface area contributed by atoms with Crippen LogP contribution >= 0.6 is 0 Å². The number of benzene rings is 2. The molecule has 134 valence electrons. The summed E-state index contributed by atoms with van der Waals surface area (Å²) in [5.74, 6) is 1.36. The normalized spacial score (nSPS) is 15.7. The predicted molar refractivity (Wildman–Crippen MR) is 93.3 cm³/mol. The molecule has 1 aliphatic rings. The molecule has 0 bridgehead atoms. The van der Waals surface area contributed by atoms with E-state index in [1.807, 2.05) is 24.3 Å². The molecule has 0 saturated carbocycles. The molecule has 3 rings (SSSR count). The number of para-hydroxylation sites is 1. The van der Waals surface area contributed by atoms with Crippen LogP contribution in [0.15, 0.2) is 53.4 Å². The molecule has 1 heterocycles. The van der Waals surface area contributed by atoms with Gasteiger partial charge in [-0.1, -0.05) is 18.2 Å². The van der Waals surface area contributed by atoms with Gasteiger partial charge in [0.25, 0.3) is 0 Å². The van der Waals surface area contributed by atoms with E-state index < -0.39 is 10.0 Å². The Morgan fingerprint density at radius 3 is 2.40 bits per heavy atom. The number of hydrogen-bond donors (Lipinski definition) is 0. The molecule has 0 radical (unpaired) electrons. The molecule has 2 aromatic rings. The fraction of sp³-hybridized carbons (Fsp3) is 0.333. The summed E-state index contributed by atoms with van der Waals surface area (Å²) in [6.07, 6.45) is 0. The monoisotopic (exact) mass is 363 g/mol. The van der Waals surface area contributed by atoms with Gasteiger partial charge in [0.15, 0.2) is 0 Å². The van der Waals surface area contributed by atoms with Gasteiger partial charge in [-0.2, -0.15) is 4.31 Å². The van der Waals surface area contributed by atoms with Crippen LogP contribution in [0.4, 0.5) is 0 Å². The Hall–Kier alpha value is -2.09. The van der Waals surface area contributed by atoms with Crippen LogP contribution in [0.25, 0.3) is 0 Å². The van der Waals surface area contributed by atoms with Crippen LogP contribution in [0.3, 0.4) is 0 Å². The second-order valence-electron chi connectivity index (χ2n) is 5.59. The van der Waals surface area contributed by atoms with Gasteiger partial charge < -0.3 is 14.2 Å². The minimum Gasteiger partial charge on any atom is -0.496 e. The lowest BCUT2D eigenvalue weighted by Crippen LogP contribution is -2.40. The highest BCUT2D eigenvalue weighted by atomic mass is 32.2. The quantitative estimate of drug-likeness (QED) is 0.788. The van der Waals surface area contributed by atoms with Gasteiger partial charge in [0.2, 0.25) is 10.0 Å². The van der Waals surface area contributed by atoms with Gasteiger partial charge in [-0.05, 0) is 30.3 Å². The molecule has 0 spiro atoms. The average molecular weight is 363 g/mol. The van der Waals surface area contributed by atoms with Gasteiger partial charge in [0.1, 0.15) is 18.1 Å². The van der Waals surface area contributed by atoms with E-state index in [9.17, 15) is 8.42 Å². The lowest BCUT2D eigenvalue weighted by molar-refractivity contribution is 0.0730. The van der Waals surface area contributed by atoms with Crippen LogP contribution in [-0.2, 0) is 21.4 Å². The maximum Gasteiger partial charge on any atom is 0.243 e. The van der Waals surface area contributed by atoms with E-state index >= 15 is 0 Å². The Labute approximate surface area is 148 Å². The smallest absolute Gasteiger partial charge is 0.243 e. The number of morpholine rings is 1. The highest BCUT2D eigenvalue weighted by molar-refractivity contribution is 7.89. The summed E-state index contributed by atoms with van der Waals surface area (Å²) in [7, 11) is -1.86. The van der Waals surface area contributed by atoms with Crippen LogP contribution in [0, 0.1) is 0 Å². The first-order valence-electron chi connectivity index (χ1n) is 8.04. The summed E-state index contributed by atoms with van der Waals surface area (Å²) in [5, 5.41) is 0. The van der Waals surface area contributed by atoms with E-state index in [1.165, 1.54) is 4.31 Å². The Morgan fingerprint density at radius 2 is 1.72 bits per heavy atom. The molecule has 7 heteroatoms. The van der Waals surface area contributed by atoms with E-state index in [0.29, 0.717) is 38.7 Å². The fourth-order valence-corrected chi connectivity index (χ4v) is 4.04. The van der Waals surface area contributed by atoms with E-state index in [-0.39, 0.29) is 4.90 Å². The standard InChI is InChI=1S/C18H21NO5S/c1-22-18-5-3-2-4-15(18)14-24-16-6-8-17(9-7-16)25(20,21)19-10-12-23-13-11-19/h2-9H,10-14H2,1H3. The molecule has 0 unspecified atom stereocenters. The second kappa shape index (κ2) is 7.86. The summed E-state index contributed by atoms with van der Waals surface area (Å²) < 4.78 is 42.8. The molecule has 0 amide bonds. The summed E-state index contributed by atoms with van der Waals surface area (Å²) in [6, 6.07) is 14.1. The van der Waals surface area contributed by atoms with Crippen molar-refractivity contribution >= 4 is 10.0 Å². The molecular weight excluding hydrogens is 342 g/mol. The number of hydrogen-bond acceptors (Lipinski definition) is 5. The average Bonchev–Trinajstić information content (AvgIpc) is 2.67. The molecule has 2 aromatic carbocycles. The van der Waals surface area contributed by atoms with Gasteiger partial charge in [0.05, 0.1) is 25.2 Å². The minimum atomic E-state index is -3.48. The summed E-state index contributed by atoms with van der Waals surface area (Å²) in [4.78, 5) is 0.263. The van der Waals surface area contributed by atoms with E-state index in [0.717, 1.165) is 11.3 Å². The number of sulfonamides is 1. The van der Waals surface area contributed by atoms with Crippen molar-refractivity contribution in [3.63, 3.8) is 0 Å². The number of ether oxygens (including phenoxy) is 3. The van der Waals surface area contributed by atoms with Crippen LogP contribution < -0.4 is 9.47 Å². The predicted octanol–water partition coefficient (Wildman–Crippen LogP) is 2.30. The molecular formula is C18H21NO5S. The van der Waals surface area contributed by atoms with Gasteiger partial charge >= 0.3 is 0 Å². The Kier molecular flexibility index (Phi) is 5.57. The van der Waals surface area contributed by atoms with Crippen molar-refractivity contribution in [2.24, 2.45) is 0 Å². The molecule has 1 aliphatic heterocycles. The summed E-state index contributed by atoms with van der Waals surface area (Å²) >= 11 is 0. The molecule has 1 fully saturated rings. The van der Waals surface area contributed by atoms with Crippen LogP contribution in [0.1, 0.15) is 5.56 Å². The maximum atomic E-state index is 12.6. The molecule has 25 heavy (non-hydrogen) atoms. The molecule has 1 saturated heterocycles. The highest BCUT2D eigenvalue weighted by Crippen LogP contribution is 2.23. The number of methoxy groups -OCH3 is 1. The van der Waals surface area contributed by atoms with Gasteiger partial charge in [0, 0.05) is 18.7 Å². The fourth-order valence-electron chi connectivity index (χ4n) is 2.63. The zero-order chi connectivity index (χ0) is 17.7. The molecule has 0 aromatic heterocycles. The first-order valence-corrected chi connectivity index (χ1v) is 9.48. The van der Waals surface area contributed by atoms with Crippen molar-refractivity contribution in [3.05, 3.63) is 54.1 Å². The van der Waals surface area contributed by atoms with Crippen molar-refractivity contribution in [1.29, 1.82) is 0 Å². The zero-order valence-corrected chi connectivity index (χ0v) is 14.9. The largest absolute Gasteiger partial charge is 0.496 e. The van der Waals surface area contributed by atoms with Gasteiger partial charge in [-0.25, -0.2) is 8.42 Å². The van der Waals surface area contributed by atoms with Crippen molar-refractivity contribution in [2.75, 3.05) is 33.4 Å².